The number of hydrogen-bond donors (Lipinski definition) is 1. The molecule has 108 valence electrons. The number of hydrogen-bond acceptors (Lipinski definition) is 2. The second-order valence-electron chi connectivity index (χ2n) is 7.13. The van der Waals surface area contributed by atoms with Gasteiger partial charge in [0.2, 0.25) is 0 Å². The third kappa shape index (κ3) is 3.96. The predicted molar refractivity (Wildman–Crippen MR) is 78.9 cm³/mol. The summed E-state index contributed by atoms with van der Waals surface area (Å²) in [6.07, 6.45) is 6.17. The van der Waals surface area contributed by atoms with E-state index >= 15 is 0 Å². The molecule has 1 fully saturated rings. The highest BCUT2D eigenvalue weighted by Gasteiger charge is 2.44. The number of likely N-dealkylation sites (N-methyl/N-ethyl adjacent to an activating group) is 1. The van der Waals surface area contributed by atoms with Crippen LogP contribution in [0.15, 0.2) is 0 Å². The van der Waals surface area contributed by atoms with Gasteiger partial charge in [-0.1, -0.05) is 27.7 Å². The van der Waals surface area contributed by atoms with Gasteiger partial charge in [-0.3, -0.25) is 0 Å². The molecule has 1 N–H and O–H groups in total. The van der Waals surface area contributed by atoms with Crippen LogP contribution >= 0.6 is 0 Å². The lowest BCUT2D eigenvalue weighted by atomic mass is 9.67. The summed E-state index contributed by atoms with van der Waals surface area (Å²) in [5, 5.41) is 3.53. The zero-order valence-electron chi connectivity index (χ0n) is 13.3. The van der Waals surface area contributed by atoms with Crippen LogP contribution in [0.4, 0.5) is 0 Å². The topological polar surface area (TPSA) is 21.3 Å². The van der Waals surface area contributed by atoms with Crippen molar-refractivity contribution in [3.8, 4) is 0 Å². The molecule has 0 saturated heterocycles. The van der Waals surface area contributed by atoms with Crippen molar-refractivity contribution in [1.82, 2.24) is 5.32 Å². The van der Waals surface area contributed by atoms with E-state index in [0.29, 0.717) is 11.5 Å². The minimum absolute atomic E-state index is 0.0727. The molecule has 0 aromatic heterocycles. The molecule has 0 amide bonds. The van der Waals surface area contributed by atoms with Gasteiger partial charge in [0.1, 0.15) is 0 Å². The fraction of sp³-hybridized carbons (Fsp3) is 1.00. The second kappa shape index (κ2) is 6.38. The second-order valence-corrected chi connectivity index (χ2v) is 7.13. The molecular weight excluding hydrogens is 222 g/mol. The number of nitrogens with one attached hydrogen (secondary N) is 1. The summed E-state index contributed by atoms with van der Waals surface area (Å²) in [4.78, 5) is 0. The maximum absolute atomic E-state index is 6.26. The largest absolute Gasteiger partial charge is 0.374 e. The van der Waals surface area contributed by atoms with Crippen molar-refractivity contribution < 1.29 is 4.74 Å². The van der Waals surface area contributed by atoms with Crippen LogP contribution in [0.25, 0.3) is 0 Å². The molecule has 0 spiro atoms. The Bertz CT molecular complexity index is 237. The van der Waals surface area contributed by atoms with Crippen molar-refractivity contribution in [3.63, 3.8) is 0 Å². The minimum Gasteiger partial charge on any atom is -0.374 e. The molecule has 0 aromatic carbocycles. The van der Waals surface area contributed by atoms with Gasteiger partial charge in [-0.15, -0.1) is 0 Å². The average molecular weight is 255 g/mol. The molecule has 0 heterocycles. The highest BCUT2D eigenvalue weighted by Crippen LogP contribution is 2.44. The number of rotatable bonds is 6. The van der Waals surface area contributed by atoms with E-state index in [0.717, 1.165) is 12.5 Å². The molecule has 0 aromatic rings. The summed E-state index contributed by atoms with van der Waals surface area (Å²) in [5.74, 6) is 0.717. The summed E-state index contributed by atoms with van der Waals surface area (Å²) in [6, 6.07) is 0.494. The molecule has 1 aliphatic rings. The van der Waals surface area contributed by atoms with Crippen LogP contribution in [-0.4, -0.2) is 25.3 Å². The number of ether oxygens (including phenoxy) is 1. The first-order chi connectivity index (χ1) is 8.35. The van der Waals surface area contributed by atoms with E-state index in [2.05, 4.69) is 47.0 Å². The van der Waals surface area contributed by atoms with Gasteiger partial charge in [0, 0.05) is 12.6 Å². The fourth-order valence-electron chi connectivity index (χ4n) is 3.30. The lowest BCUT2D eigenvalue weighted by Gasteiger charge is -2.48. The van der Waals surface area contributed by atoms with Crippen LogP contribution in [-0.2, 0) is 4.74 Å². The Labute approximate surface area is 114 Å². The van der Waals surface area contributed by atoms with Crippen LogP contribution in [0.1, 0.15) is 66.7 Å². The van der Waals surface area contributed by atoms with Crippen LogP contribution < -0.4 is 5.32 Å². The van der Waals surface area contributed by atoms with Crippen LogP contribution in [0.3, 0.4) is 0 Å². The van der Waals surface area contributed by atoms with Gasteiger partial charge < -0.3 is 10.1 Å². The molecule has 0 bridgehead atoms. The Hall–Kier alpha value is -0.0800. The molecule has 2 nitrogen and oxygen atoms in total. The van der Waals surface area contributed by atoms with E-state index in [1.807, 2.05) is 0 Å². The molecule has 1 unspecified atom stereocenters. The van der Waals surface area contributed by atoms with Gasteiger partial charge in [-0.05, 0) is 57.4 Å². The van der Waals surface area contributed by atoms with E-state index < -0.39 is 0 Å². The summed E-state index contributed by atoms with van der Waals surface area (Å²) >= 11 is 0. The quantitative estimate of drug-likeness (QED) is 0.774. The SMILES string of the molecule is CCOC1(C(CC(C)C)NC)CCC(C)(C)CC1. The van der Waals surface area contributed by atoms with Crippen molar-refractivity contribution in [3.05, 3.63) is 0 Å². The Morgan fingerprint density at radius 3 is 2.06 bits per heavy atom. The van der Waals surface area contributed by atoms with Crippen LogP contribution in [0, 0.1) is 11.3 Å². The van der Waals surface area contributed by atoms with E-state index in [4.69, 9.17) is 4.74 Å². The van der Waals surface area contributed by atoms with E-state index in [1.165, 1.54) is 32.1 Å². The molecule has 2 heteroatoms. The maximum atomic E-state index is 6.26. The first kappa shape index (κ1) is 16.0. The summed E-state index contributed by atoms with van der Waals surface area (Å²) in [6.45, 7) is 12.3. The highest BCUT2D eigenvalue weighted by molar-refractivity contribution is 4.98. The minimum atomic E-state index is 0.0727. The van der Waals surface area contributed by atoms with E-state index in [1.54, 1.807) is 0 Å². The van der Waals surface area contributed by atoms with Gasteiger partial charge in [-0.2, -0.15) is 0 Å². The summed E-state index contributed by atoms with van der Waals surface area (Å²) in [7, 11) is 2.09. The van der Waals surface area contributed by atoms with E-state index in [-0.39, 0.29) is 5.60 Å². The molecule has 1 aliphatic carbocycles. The molecule has 0 radical (unpaired) electrons. The first-order valence-electron chi connectivity index (χ1n) is 7.66. The smallest absolute Gasteiger partial charge is 0.0834 e. The zero-order valence-corrected chi connectivity index (χ0v) is 13.3. The maximum Gasteiger partial charge on any atom is 0.0834 e. The first-order valence-corrected chi connectivity index (χ1v) is 7.66. The lowest BCUT2D eigenvalue weighted by molar-refractivity contribution is -0.108. The summed E-state index contributed by atoms with van der Waals surface area (Å²) in [5.41, 5.74) is 0.569. The van der Waals surface area contributed by atoms with Crippen molar-refractivity contribution in [1.29, 1.82) is 0 Å². The molecule has 1 saturated carbocycles. The Morgan fingerprint density at radius 1 is 1.11 bits per heavy atom. The lowest BCUT2D eigenvalue weighted by Crippen LogP contribution is -2.54. The third-order valence-electron chi connectivity index (χ3n) is 4.57. The van der Waals surface area contributed by atoms with Crippen LogP contribution in [0.5, 0.6) is 0 Å². The monoisotopic (exact) mass is 255 g/mol. The van der Waals surface area contributed by atoms with Crippen molar-refractivity contribution >= 4 is 0 Å². The molecule has 1 atom stereocenters. The highest BCUT2D eigenvalue weighted by atomic mass is 16.5. The Morgan fingerprint density at radius 2 is 1.67 bits per heavy atom. The molecule has 1 rings (SSSR count). The van der Waals surface area contributed by atoms with Gasteiger partial charge in [0.15, 0.2) is 0 Å². The van der Waals surface area contributed by atoms with E-state index in [9.17, 15) is 0 Å². The summed E-state index contributed by atoms with van der Waals surface area (Å²) < 4.78 is 6.26. The van der Waals surface area contributed by atoms with Crippen molar-refractivity contribution in [2.24, 2.45) is 11.3 Å². The molecule has 0 aliphatic heterocycles. The normalized spacial score (nSPS) is 24.2. The van der Waals surface area contributed by atoms with Gasteiger partial charge >= 0.3 is 0 Å². The Balaban J connectivity index is 2.79. The van der Waals surface area contributed by atoms with Gasteiger partial charge in [0.25, 0.3) is 0 Å². The molecule has 18 heavy (non-hydrogen) atoms. The van der Waals surface area contributed by atoms with Gasteiger partial charge in [-0.25, -0.2) is 0 Å². The average Bonchev–Trinajstić information content (AvgIpc) is 2.29. The van der Waals surface area contributed by atoms with Crippen LogP contribution in [0.2, 0.25) is 0 Å². The standard InChI is InChI=1S/C16H33NO/c1-7-18-16(14(17-6)12-13(2)3)10-8-15(4,5)9-11-16/h13-14,17H,7-12H2,1-6H3. The van der Waals surface area contributed by atoms with Crippen molar-refractivity contribution in [2.45, 2.75) is 78.4 Å². The molecular formula is C16H33NO. The third-order valence-corrected chi connectivity index (χ3v) is 4.57. The van der Waals surface area contributed by atoms with Crippen molar-refractivity contribution in [2.75, 3.05) is 13.7 Å². The van der Waals surface area contributed by atoms with Gasteiger partial charge in [0.05, 0.1) is 5.60 Å². The fourth-order valence-corrected chi connectivity index (χ4v) is 3.30. The zero-order chi connectivity index (χ0) is 13.8. The predicted octanol–water partition coefficient (Wildman–Crippen LogP) is 4.00. The Kier molecular flexibility index (Phi) is 5.67.